The highest BCUT2D eigenvalue weighted by atomic mass is 35.5. The molecule has 0 aliphatic rings. The van der Waals surface area contributed by atoms with Crippen LogP contribution in [0.25, 0.3) is 0 Å². The Morgan fingerprint density at radius 2 is 2.11 bits per heavy atom. The number of carbonyl (C=O) groups is 1. The Morgan fingerprint density at radius 3 is 2.67 bits per heavy atom. The Morgan fingerprint density at radius 1 is 1.39 bits per heavy atom. The van der Waals surface area contributed by atoms with Crippen LogP contribution in [0.1, 0.15) is 34.2 Å². The maximum atomic E-state index is 11.5. The second-order valence-corrected chi connectivity index (χ2v) is 4.83. The van der Waals surface area contributed by atoms with Gasteiger partial charge in [0.05, 0.1) is 17.8 Å². The molecule has 0 amide bonds. The van der Waals surface area contributed by atoms with Crippen LogP contribution < -0.4 is 0 Å². The summed E-state index contributed by atoms with van der Waals surface area (Å²) in [6.45, 7) is 5.97. The van der Waals surface area contributed by atoms with E-state index in [9.17, 15) is 4.79 Å². The molecule has 1 aromatic heterocycles. The number of hydrogen-bond donors (Lipinski definition) is 0. The van der Waals surface area contributed by atoms with E-state index in [0.717, 1.165) is 22.5 Å². The number of Topliss-reactive ketones (excluding diaryl/α,β-unsaturated/α-hetero) is 1. The fourth-order valence-electron chi connectivity index (χ4n) is 2.17. The van der Waals surface area contributed by atoms with Gasteiger partial charge in [-0.2, -0.15) is 5.10 Å². The lowest BCUT2D eigenvalue weighted by molar-refractivity contribution is 0.101. The standard InChI is InChI=1S/C14H15ClN2O/c1-9-14(11(3)18)10(2)17(16-9)8-12-5-4-6-13(15)7-12/h4-7H,8H2,1-3H3. The summed E-state index contributed by atoms with van der Waals surface area (Å²) in [6.07, 6.45) is 0. The SMILES string of the molecule is CC(=O)c1c(C)nn(Cc2cccc(Cl)c2)c1C. The Hall–Kier alpha value is -1.61. The molecule has 0 unspecified atom stereocenters. The molecule has 0 spiro atoms. The number of ketones is 1. The van der Waals surface area contributed by atoms with Gasteiger partial charge in [0.2, 0.25) is 0 Å². The van der Waals surface area contributed by atoms with Crippen molar-refractivity contribution < 1.29 is 4.79 Å². The van der Waals surface area contributed by atoms with Crippen LogP contribution in [-0.2, 0) is 6.54 Å². The molecule has 0 atom stereocenters. The number of nitrogens with zero attached hydrogens (tertiary/aromatic N) is 2. The number of aryl methyl sites for hydroxylation is 1. The number of benzene rings is 1. The van der Waals surface area contributed by atoms with Crippen molar-refractivity contribution >= 4 is 17.4 Å². The molecule has 94 valence electrons. The van der Waals surface area contributed by atoms with Crippen molar-refractivity contribution in [2.75, 3.05) is 0 Å². The van der Waals surface area contributed by atoms with Crippen LogP contribution in [0, 0.1) is 13.8 Å². The number of carbonyl (C=O) groups excluding carboxylic acids is 1. The maximum absolute atomic E-state index is 11.5. The van der Waals surface area contributed by atoms with E-state index in [1.54, 1.807) is 6.92 Å². The molecule has 4 heteroatoms. The predicted molar refractivity (Wildman–Crippen MR) is 72.3 cm³/mol. The van der Waals surface area contributed by atoms with E-state index in [0.29, 0.717) is 11.6 Å². The number of aromatic nitrogens is 2. The summed E-state index contributed by atoms with van der Waals surface area (Å²) in [5, 5.41) is 5.12. The van der Waals surface area contributed by atoms with Crippen molar-refractivity contribution in [1.82, 2.24) is 9.78 Å². The third kappa shape index (κ3) is 2.46. The van der Waals surface area contributed by atoms with Gasteiger partial charge in [-0.15, -0.1) is 0 Å². The molecule has 1 aromatic carbocycles. The van der Waals surface area contributed by atoms with Crippen LogP contribution >= 0.6 is 11.6 Å². The van der Waals surface area contributed by atoms with Crippen LogP contribution in [0.4, 0.5) is 0 Å². The average Bonchev–Trinajstić information content (AvgIpc) is 2.54. The molecule has 18 heavy (non-hydrogen) atoms. The van der Waals surface area contributed by atoms with Gasteiger partial charge in [0.1, 0.15) is 0 Å². The lowest BCUT2D eigenvalue weighted by Crippen LogP contribution is -2.05. The van der Waals surface area contributed by atoms with Gasteiger partial charge in [-0.3, -0.25) is 9.48 Å². The zero-order valence-electron chi connectivity index (χ0n) is 10.7. The largest absolute Gasteiger partial charge is 0.294 e. The Kier molecular flexibility index (Phi) is 3.53. The fourth-order valence-corrected chi connectivity index (χ4v) is 2.38. The Labute approximate surface area is 111 Å². The molecular weight excluding hydrogens is 248 g/mol. The number of hydrogen-bond acceptors (Lipinski definition) is 2. The zero-order chi connectivity index (χ0) is 13.3. The van der Waals surface area contributed by atoms with E-state index < -0.39 is 0 Å². The molecule has 0 saturated carbocycles. The van der Waals surface area contributed by atoms with Gasteiger partial charge < -0.3 is 0 Å². The van der Waals surface area contributed by atoms with Crippen LogP contribution in [0.2, 0.25) is 5.02 Å². The van der Waals surface area contributed by atoms with Crippen molar-refractivity contribution in [3.8, 4) is 0 Å². The summed E-state index contributed by atoms with van der Waals surface area (Å²) in [5.41, 5.74) is 3.47. The molecule has 0 N–H and O–H groups in total. The molecule has 0 saturated heterocycles. The second kappa shape index (κ2) is 4.94. The minimum atomic E-state index is 0.0577. The van der Waals surface area contributed by atoms with E-state index in [2.05, 4.69) is 5.10 Å². The monoisotopic (exact) mass is 262 g/mol. The highest BCUT2D eigenvalue weighted by Gasteiger charge is 2.15. The Bertz CT molecular complexity index is 602. The van der Waals surface area contributed by atoms with Gasteiger partial charge in [0.15, 0.2) is 5.78 Å². The number of halogens is 1. The van der Waals surface area contributed by atoms with Gasteiger partial charge in [-0.25, -0.2) is 0 Å². The predicted octanol–water partition coefficient (Wildman–Crippen LogP) is 3.40. The first-order chi connectivity index (χ1) is 8.49. The molecular formula is C14H15ClN2O. The molecule has 2 rings (SSSR count). The van der Waals surface area contributed by atoms with Crippen molar-refractivity contribution in [3.05, 3.63) is 51.8 Å². The zero-order valence-corrected chi connectivity index (χ0v) is 11.5. The molecule has 0 aliphatic carbocycles. The van der Waals surface area contributed by atoms with E-state index >= 15 is 0 Å². The highest BCUT2D eigenvalue weighted by Crippen LogP contribution is 2.17. The minimum absolute atomic E-state index is 0.0577. The summed E-state index contributed by atoms with van der Waals surface area (Å²) in [5.74, 6) is 0.0577. The van der Waals surface area contributed by atoms with Crippen molar-refractivity contribution in [3.63, 3.8) is 0 Å². The molecule has 0 aliphatic heterocycles. The second-order valence-electron chi connectivity index (χ2n) is 4.39. The van der Waals surface area contributed by atoms with Crippen molar-refractivity contribution in [2.45, 2.75) is 27.3 Å². The van der Waals surface area contributed by atoms with Gasteiger partial charge in [0.25, 0.3) is 0 Å². The first kappa shape index (κ1) is 12.8. The molecule has 0 fully saturated rings. The van der Waals surface area contributed by atoms with E-state index in [1.165, 1.54) is 0 Å². The topological polar surface area (TPSA) is 34.9 Å². The summed E-state index contributed by atoms with van der Waals surface area (Å²) in [4.78, 5) is 11.5. The summed E-state index contributed by atoms with van der Waals surface area (Å²) < 4.78 is 1.84. The Balaban J connectivity index is 2.36. The van der Waals surface area contributed by atoms with Gasteiger partial charge >= 0.3 is 0 Å². The van der Waals surface area contributed by atoms with Gasteiger partial charge in [-0.05, 0) is 38.5 Å². The maximum Gasteiger partial charge on any atom is 0.163 e. The van der Waals surface area contributed by atoms with Crippen LogP contribution in [0.5, 0.6) is 0 Å². The first-order valence-electron chi connectivity index (χ1n) is 5.78. The minimum Gasteiger partial charge on any atom is -0.294 e. The van der Waals surface area contributed by atoms with Crippen molar-refractivity contribution in [2.24, 2.45) is 0 Å². The van der Waals surface area contributed by atoms with Gasteiger partial charge in [-0.1, -0.05) is 23.7 Å². The van der Waals surface area contributed by atoms with Crippen molar-refractivity contribution in [1.29, 1.82) is 0 Å². The smallest absolute Gasteiger partial charge is 0.163 e. The lowest BCUT2D eigenvalue weighted by atomic mass is 10.1. The molecule has 3 nitrogen and oxygen atoms in total. The first-order valence-corrected chi connectivity index (χ1v) is 6.16. The quantitative estimate of drug-likeness (QED) is 0.795. The van der Waals surface area contributed by atoms with Crippen LogP contribution in [-0.4, -0.2) is 15.6 Å². The normalized spacial score (nSPS) is 10.7. The average molecular weight is 263 g/mol. The highest BCUT2D eigenvalue weighted by molar-refractivity contribution is 6.30. The molecule has 0 radical (unpaired) electrons. The number of rotatable bonds is 3. The third-order valence-electron chi connectivity index (χ3n) is 2.95. The lowest BCUT2D eigenvalue weighted by Gasteiger charge is -2.05. The summed E-state index contributed by atoms with van der Waals surface area (Å²) in [6, 6.07) is 7.66. The molecule has 2 aromatic rings. The van der Waals surface area contributed by atoms with E-state index in [4.69, 9.17) is 11.6 Å². The van der Waals surface area contributed by atoms with Gasteiger partial charge in [0, 0.05) is 10.7 Å². The third-order valence-corrected chi connectivity index (χ3v) is 3.19. The van der Waals surface area contributed by atoms with Crippen LogP contribution in [0.15, 0.2) is 24.3 Å². The molecule has 1 heterocycles. The van der Waals surface area contributed by atoms with E-state index in [1.807, 2.05) is 42.8 Å². The summed E-state index contributed by atoms with van der Waals surface area (Å²) >= 11 is 5.95. The fraction of sp³-hybridized carbons (Fsp3) is 0.286. The van der Waals surface area contributed by atoms with E-state index in [-0.39, 0.29) is 5.78 Å². The molecule has 0 bridgehead atoms. The summed E-state index contributed by atoms with van der Waals surface area (Å²) in [7, 11) is 0. The van der Waals surface area contributed by atoms with Crippen LogP contribution in [0.3, 0.4) is 0 Å².